The molecule has 0 bridgehead atoms. The molecule has 3 heterocycles. The molecule has 0 spiro atoms. The fraction of sp³-hybridized carbons (Fsp3) is 0.300. The molecule has 2 N–H and O–H groups in total. The van der Waals surface area contributed by atoms with Crippen molar-refractivity contribution in [2.45, 2.75) is 36.2 Å². The van der Waals surface area contributed by atoms with Crippen LogP contribution in [0.5, 0.6) is 0 Å². The third kappa shape index (κ3) is 3.22. The van der Waals surface area contributed by atoms with Crippen molar-refractivity contribution >= 4 is 35.5 Å². The van der Waals surface area contributed by atoms with Crippen molar-refractivity contribution in [2.75, 3.05) is 0 Å². The molecule has 1 aromatic heterocycles. The van der Waals surface area contributed by atoms with Gasteiger partial charge in [-0.2, -0.15) is 0 Å². The maximum absolute atomic E-state index is 12.7. The fourth-order valence-electron chi connectivity index (χ4n) is 3.69. The van der Waals surface area contributed by atoms with Crippen molar-refractivity contribution in [3.05, 3.63) is 54.4 Å². The molecule has 2 aliphatic heterocycles. The highest BCUT2D eigenvalue weighted by atomic mass is 32.2. The highest BCUT2D eigenvalue weighted by Crippen LogP contribution is 2.51. The number of para-hydroxylation sites is 1. The summed E-state index contributed by atoms with van der Waals surface area (Å²) in [7, 11) is 0. The van der Waals surface area contributed by atoms with Crippen molar-refractivity contribution in [3.63, 3.8) is 0 Å². The van der Waals surface area contributed by atoms with Crippen molar-refractivity contribution in [1.29, 1.82) is 0 Å². The van der Waals surface area contributed by atoms with Gasteiger partial charge in [-0.15, -0.1) is 11.8 Å². The van der Waals surface area contributed by atoms with Gasteiger partial charge < -0.3 is 19.7 Å². The van der Waals surface area contributed by atoms with E-state index in [0.717, 1.165) is 5.69 Å². The number of aromatic nitrogens is 1. The lowest BCUT2D eigenvalue weighted by Gasteiger charge is -2.43. The van der Waals surface area contributed by atoms with Gasteiger partial charge in [0.25, 0.3) is 17.6 Å². The number of nitrogens with one attached hydrogen (secondary N) is 1. The quantitative estimate of drug-likeness (QED) is 0.322. The fourth-order valence-corrected chi connectivity index (χ4v) is 5.24. The third-order valence-electron chi connectivity index (χ3n) is 5.07. The van der Waals surface area contributed by atoms with E-state index in [0.29, 0.717) is 0 Å². The second kappa shape index (κ2) is 7.21. The summed E-state index contributed by atoms with van der Waals surface area (Å²) in [6.07, 6.45) is -0.766. The van der Waals surface area contributed by atoms with Crippen LogP contribution in [0.4, 0.5) is 4.79 Å². The predicted molar refractivity (Wildman–Crippen MR) is 107 cm³/mol. The summed E-state index contributed by atoms with van der Waals surface area (Å²) in [5, 5.41) is 10.9. The molecule has 2 amide bonds. The summed E-state index contributed by atoms with van der Waals surface area (Å²) >= 11 is 1.32. The maximum atomic E-state index is 12.7. The van der Waals surface area contributed by atoms with Crippen LogP contribution in [0.3, 0.4) is 0 Å². The molecule has 0 radical (unpaired) electrons. The minimum atomic E-state index is -1.48. The molecule has 2 aromatic rings. The van der Waals surface area contributed by atoms with Crippen LogP contribution in [0.15, 0.2) is 48.7 Å². The average molecular weight is 429 g/mol. The molecule has 2 aliphatic rings. The zero-order chi connectivity index (χ0) is 21.6. The van der Waals surface area contributed by atoms with Crippen molar-refractivity contribution in [1.82, 2.24) is 14.8 Å². The van der Waals surface area contributed by atoms with Gasteiger partial charge in [-0.05, 0) is 38.1 Å². The number of β-lactam (4-membered cyclic amide) rings is 1. The van der Waals surface area contributed by atoms with Gasteiger partial charge >= 0.3 is 6.16 Å². The highest BCUT2D eigenvalue weighted by molar-refractivity contribution is 8.01. The predicted octanol–water partition coefficient (Wildman–Crippen LogP) is 1.86. The normalized spacial score (nSPS) is 24.0. The lowest BCUT2D eigenvalue weighted by molar-refractivity contribution is -0.163. The van der Waals surface area contributed by atoms with Gasteiger partial charge in [0, 0.05) is 11.9 Å². The standard InChI is InChI=1S/C20H19N3O6S/c1-20(2)18(29-19(27)28)23-16(26)13(17(23)30-20)21-15(25)14(24)12-9-6-10-22(12)11-7-4-3-5-8-11/h3-10,13,17-18H,1-2H3,(H,21,25)(H,27,28)/t13-,17-,18+/m1/s1. The molecule has 2 saturated heterocycles. The number of ketones is 1. The molecule has 2 fully saturated rings. The molecule has 156 valence electrons. The number of thioether (sulfide) groups is 1. The average Bonchev–Trinajstić information content (AvgIpc) is 3.27. The molecule has 3 atom stereocenters. The highest BCUT2D eigenvalue weighted by Gasteiger charge is 2.63. The molecule has 1 aromatic carbocycles. The number of amides is 2. The van der Waals surface area contributed by atoms with E-state index < -0.39 is 46.1 Å². The molecule has 9 nitrogen and oxygen atoms in total. The molecule has 0 aliphatic carbocycles. The van der Waals surface area contributed by atoms with Gasteiger partial charge in [-0.3, -0.25) is 19.3 Å². The Morgan fingerprint density at radius 3 is 2.50 bits per heavy atom. The van der Waals surface area contributed by atoms with Crippen molar-refractivity contribution < 1.29 is 29.0 Å². The SMILES string of the molecule is CC1(C)S[C@@H]2[C@H](NC(=O)C(=O)c3cccn3-c3ccccc3)C(=O)N2[C@H]1OC(=O)O. The van der Waals surface area contributed by atoms with Gasteiger partial charge in [0.2, 0.25) is 0 Å². The third-order valence-corrected chi connectivity index (χ3v) is 6.62. The Labute approximate surface area is 176 Å². The molecule has 10 heteroatoms. The summed E-state index contributed by atoms with van der Waals surface area (Å²) in [6, 6.07) is 11.4. The topological polar surface area (TPSA) is 118 Å². The van der Waals surface area contributed by atoms with Crippen molar-refractivity contribution in [3.8, 4) is 5.69 Å². The first-order chi connectivity index (χ1) is 14.2. The van der Waals surface area contributed by atoms with Crippen LogP contribution in [-0.2, 0) is 14.3 Å². The Hall–Kier alpha value is -3.27. The summed E-state index contributed by atoms with van der Waals surface area (Å²) in [5.74, 6) is -2.15. The van der Waals surface area contributed by atoms with Crippen LogP contribution in [0.1, 0.15) is 24.3 Å². The van der Waals surface area contributed by atoms with Gasteiger partial charge in [0.1, 0.15) is 11.4 Å². The van der Waals surface area contributed by atoms with Crippen LogP contribution >= 0.6 is 11.8 Å². The van der Waals surface area contributed by atoms with Gasteiger partial charge in [-0.25, -0.2) is 4.79 Å². The van der Waals surface area contributed by atoms with E-state index in [2.05, 4.69) is 5.32 Å². The summed E-state index contributed by atoms with van der Waals surface area (Å²) in [6.45, 7) is 3.52. The minimum Gasteiger partial charge on any atom is -0.450 e. The van der Waals surface area contributed by atoms with Crippen LogP contribution in [-0.4, -0.2) is 60.7 Å². The molecular formula is C20H19N3O6S. The maximum Gasteiger partial charge on any atom is 0.507 e. The van der Waals surface area contributed by atoms with Gasteiger partial charge in [-0.1, -0.05) is 18.2 Å². The lowest BCUT2D eigenvalue weighted by atomic mass is 10.0. The Balaban J connectivity index is 1.49. The number of hydrogen-bond donors (Lipinski definition) is 2. The zero-order valence-corrected chi connectivity index (χ0v) is 17.0. The van der Waals surface area contributed by atoms with Gasteiger partial charge in [0.05, 0.1) is 10.4 Å². The van der Waals surface area contributed by atoms with E-state index in [1.807, 2.05) is 30.3 Å². The largest absolute Gasteiger partial charge is 0.507 e. The van der Waals surface area contributed by atoms with E-state index in [1.54, 1.807) is 30.7 Å². The smallest absolute Gasteiger partial charge is 0.450 e. The number of benzene rings is 1. The second-order valence-corrected chi connectivity index (χ2v) is 9.24. The van der Waals surface area contributed by atoms with Gasteiger partial charge in [0.15, 0.2) is 6.23 Å². The number of carbonyl (C=O) groups is 4. The lowest BCUT2D eigenvalue weighted by Crippen LogP contribution is -2.70. The number of Topliss-reactive ketones (excluding diaryl/α,β-unsaturated/α-hetero) is 1. The van der Waals surface area contributed by atoms with E-state index in [4.69, 9.17) is 9.84 Å². The number of nitrogens with zero attached hydrogens (tertiary/aromatic N) is 2. The Kier molecular flexibility index (Phi) is 4.81. The molecular weight excluding hydrogens is 410 g/mol. The van der Waals surface area contributed by atoms with E-state index in [1.165, 1.54) is 22.7 Å². The van der Waals surface area contributed by atoms with Crippen LogP contribution in [0, 0.1) is 0 Å². The summed E-state index contributed by atoms with van der Waals surface area (Å²) in [5.41, 5.74) is 0.903. The Morgan fingerprint density at radius 2 is 1.83 bits per heavy atom. The second-order valence-electron chi connectivity index (χ2n) is 7.47. The summed E-state index contributed by atoms with van der Waals surface area (Å²) < 4.78 is 5.78. The first-order valence-corrected chi connectivity index (χ1v) is 10.1. The molecule has 4 rings (SSSR count). The Morgan fingerprint density at radius 1 is 1.13 bits per heavy atom. The number of fused-ring (bicyclic) bond motifs is 1. The zero-order valence-electron chi connectivity index (χ0n) is 16.1. The van der Waals surface area contributed by atoms with E-state index in [-0.39, 0.29) is 5.69 Å². The van der Waals surface area contributed by atoms with Crippen molar-refractivity contribution in [2.24, 2.45) is 0 Å². The molecule has 0 unspecified atom stereocenters. The minimum absolute atomic E-state index is 0.175. The molecule has 0 saturated carbocycles. The monoisotopic (exact) mass is 429 g/mol. The summed E-state index contributed by atoms with van der Waals surface area (Å²) in [4.78, 5) is 50.2. The number of carbonyl (C=O) groups excluding carboxylic acids is 3. The number of rotatable bonds is 5. The van der Waals surface area contributed by atoms with Crippen LogP contribution in [0.25, 0.3) is 5.69 Å². The number of carboxylic acid groups (broad SMARTS) is 1. The Bertz CT molecular complexity index is 1030. The van der Waals surface area contributed by atoms with E-state index >= 15 is 0 Å². The number of hydrogen-bond acceptors (Lipinski definition) is 6. The molecule has 30 heavy (non-hydrogen) atoms. The van der Waals surface area contributed by atoms with E-state index in [9.17, 15) is 19.2 Å². The first kappa shape index (κ1) is 20.0. The van der Waals surface area contributed by atoms with Crippen LogP contribution in [0.2, 0.25) is 0 Å². The first-order valence-electron chi connectivity index (χ1n) is 9.18. The number of ether oxygens (including phenoxy) is 1. The van der Waals surface area contributed by atoms with Crippen LogP contribution < -0.4 is 5.32 Å².